The third-order valence-corrected chi connectivity index (χ3v) is 4.33. The Bertz CT molecular complexity index is 479. The fourth-order valence-corrected chi connectivity index (χ4v) is 2.87. The average molecular weight is 274 g/mol. The highest BCUT2D eigenvalue weighted by atomic mass is 32.2. The molecule has 0 spiro atoms. The minimum Gasteiger partial charge on any atom is -0.444 e. The zero-order chi connectivity index (χ0) is 13.0. The number of piperazine rings is 1. The molecule has 0 atom stereocenters. The van der Waals surface area contributed by atoms with Gasteiger partial charge in [-0.15, -0.1) is 0 Å². The van der Waals surface area contributed by atoms with Crippen LogP contribution in [0.5, 0.6) is 0 Å². The van der Waals surface area contributed by atoms with Crippen molar-refractivity contribution in [3.8, 4) is 0 Å². The van der Waals surface area contributed by atoms with E-state index in [0.717, 1.165) is 12.2 Å². The van der Waals surface area contributed by atoms with E-state index in [9.17, 15) is 8.42 Å². The van der Waals surface area contributed by atoms with Gasteiger partial charge in [0.15, 0.2) is 0 Å². The first-order valence-corrected chi connectivity index (χ1v) is 7.45. The summed E-state index contributed by atoms with van der Waals surface area (Å²) in [5.74, 6) is 1.15. The number of nitrogens with one attached hydrogen (secondary N) is 2. The number of aromatic nitrogens is 1. The van der Waals surface area contributed by atoms with Crippen molar-refractivity contribution in [2.45, 2.75) is 19.9 Å². The molecule has 1 aromatic heterocycles. The lowest BCUT2D eigenvalue weighted by atomic mass is 10.4. The first-order chi connectivity index (χ1) is 8.62. The lowest BCUT2D eigenvalue weighted by Gasteiger charge is -2.26. The number of rotatable bonds is 5. The summed E-state index contributed by atoms with van der Waals surface area (Å²) in [5.41, 5.74) is 0. The van der Waals surface area contributed by atoms with Crippen LogP contribution in [-0.4, -0.2) is 43.9 Å². The summed E-state index contributed by atoms with van der Waals surface area (Å²) >= 11 is 0. The van der Waals surface area contributed by atoms with E-state index in [1.54, 1.807) is 6.20 Å². The molecule has 8 heteroatoms. The lowest BCUT2D eigenvalue weighted by molar-refractivity contribution is 0.352. The Morgan fingerprint density at radius 3 is 2.83 bits per heavy atom. The smallest absolute Gasteiger partial charge is 0.280 e. The molecule has 1 aromatic rings. The molecule has 0 radical (unpaired) electrons. The number of oxazole rings is 1. The first kappa shape index (κ1) is 13.5. The second-order valence-corrected chi connectivity index (χ2v) is 5.80. The second kappa shape index (κ2) is 5.79. The summed E-state index contributed by atoms with van der Waals surface area (Å²) in [6, 6.07) is 0. The van der Waals surface area contributed by atoms with E-state index in [0.29, 0.717) is 32.1 Å². The quantitative estimate of drug-likeness (QED) is 0.754. The predicted molar refractivity (Wildman–Crippen MR) is 66.1 cm³/mol. The standard InChI is InChI=1S/C10H18N4O3S/c1-2-9-7-12-10(17-9)8-13-18(15,16)14-5-3-11-4-6-14/h7,11,13H,2-6,8H2,1H3. The van der Waals surface area contributed by atoms with Crippen LogP contribution in [0.25, 0.3) is 0 Å². The predicted octanol–water partition coefficient (Wildman–Crippen LogP) is -0.523. The number of hydrogen-bond donors (Lipinski definition) is 2. The van der Waals surface area contributed by atoms with Gasteiger partial charge in [-0.3, -0.25) is 0 Å². The molecule has 1 aliphatic rings. The third kappa shape index (κ3) is 3.29. The summed E-state index contributed by atoms with van der Waals surface area (Å²) in [6.07, 6.45) is 2.37. The highest BCUT2D eigenvalue weighted by Crippen LogP contribution is 2.06. The number of nitrogens with zero attached hydrogens (tertiary/aromatic N) is 2. The third-order valence-electron chi connectivity index (χ3n) is 2.77. The van der Waals surface area contributed by atoms with Crippen LogP contribution >= 0.6 is 0 Å². The van der Waals surface area contributed by atoms with Gasteiger partial charge in [0.05, 0.1) is 12.7 Å². The molecule has 1 aliphatic heterocycles. The Kier molecular flexibility index (Phi) is 4.33. The van der Waals surface area contributed by atoms with Crippen molar-refractivity contribution in [1.29, 1.82) is 0 Å². The SMILES string of the molecule is CCc1cnc(CNS(=O)(=O)N2CCNCC2)o1. The van der Waals surface area contributed by atoms with Crippen LogP contribution in [-0.2, 0) is 23.2 Å². The van der Waals surface area contributed by atoms with Gasteiger partial charge in [0.25, 0.3) is 10.2 Å². The van der Waals surface area contributed by atoms with E-state index in [1.165, 1.54) is 4.31 Å². The molecular weight excluding hydrogens is 256 g/mol. The summed E-state index contributed by atoms with van der Waals surface area (Å²) in [4.78, 5) is 4.01. The van der Waals surface area contributed by atoms with Crippen molar-refractivity contribution >= 4 is 10.2 Å². The van der Waals surface area contributed by atoms with Gasteiger partial charge in [-0.2, -0.15) is 17.4 Å². The molecule has 2 N–H and O–H groups in total. The monoisotopic (exact) mass is 274 g/mol. The minimum absolute atomic E-state index is 0.0895. The minimum atomic E-state index is -3.44. The molecule has 2 heterocycles. The van der Waals surface area contributed by atoms with E-state index in [4.69, 9.17) is 4.42 Å². The van der Waals surface area contributed by atoms with Gasteiger partial charge in [0.2, 0.25) is 5.89 Å². The molecule has 0 aliphatic carbocycles. The van der Waals surface area contributed by atoms with E-state index in [1.807, 2.05) is 6.92 Å². The maximum atomic E-state index is 12.0. The van der Waals surface area contributed by atoms with E-state index in [-0.39, 0.29) is 6.54 Å². The molecule has 7 nitrogen and oxygen atoms in total. The summed E-state index contributed by atoms with van der Waals surface area (Å²) in [7, 11) is -3.44. The van der Waals surface area contributed by atoms with Crippen molar-refractivity contribution in [3.05, 3.63) is 17.8 Å². The molecule has 18 heavy (non-hydrogen) atoms. The lowest BCUT2D eigenvalue weighted by Crippen LogP contribution is -2.50. The molecule has 0 amide bonds. The summed E-state index contributed by atoms with van der Waals surface area (Å²) in [5, 5.41) is 3.11. The van der Waals surface area contributed by atoms with Crippen LogP contribution in [0.4, 0.5) is 0 Å². The Morgan fingerprint density at radius 2 is 2.22 bits per heavy atom. The molecule has 0 aromatic carbocycles. The Balaban J connectivity index is 1.91. The maximum absolute atomic E-state index is 12.0. The largest absolute Gasteiger partial charge is 0.444 e. The van der Waals surface area contributed by atoms with Crippen LogP contribution in [0, 0.1) is 0 Å². The van der Waals surface area contributed by atoms with Crippen LogP contribution in [0.2, 0.25) is 0 Å². The van der Waals surface area contributed by atoms with Crippen molar-refractivity contribution in [2.24, 2.45) is 0 Å². The first-order valence-electron chi connectivity index (χ1n) is 6.01. The van der Waals surface area contributed by atoms with E-state index in [2.05, 4.69) is 15.0 Å². The zero-order valence-electron chi connectivity index (χ0n) is 10.3. The Morgan fingerprint density at radius 1 is 1.50 bits per heavy atom. The van der Waals surface area contributed by atoms with Crippen molar-refractivity contribution in [1.82, 2.24) is 19.3 Å². The highest BCUT2D eigenvalue weighted by Gasteiger charge is 2.23. The van der Waals surface area contributed by atoms with E-state index >= 15 is 0 Å². The van der Waals surface area contributed by atoms with Crippen LogP contribution in [0.3, 0.4) is 0 Å². The molecule has 0 bridgehead atoms. The van der Waals surface area contributed by atoms with Crippen molar-refractivity contribution in [3.63, 3.8) is 0 Å². The summed E-state index contributed by atoms with van der Waals surface area (Å²) < 4.78 is 33.2. The Hall–Kier alpha value is -0.960. The number of hydrogen-bond acceptors (Lipinski definition) is 5. The Labute approximate surface area is 107 Å². The fraction of sp³-hybridized carbons (Fsp3) is 0.700. The van der Waals surface area contributed by atoms with Gasteiger partial charge in [0, 0.05) is 32.6 Å². The van der Waals surface area contributed by atoms with E-state index < -0.39 is 10.2 Å². The zero-order valence-corrected chi connectivity index (χ0v) is 11.2. The van der Waals surface area contributed by atoms with Crippen molar-refractivity contribution in [2.75, 3.05) is 26.2 Å². The molecule has 2 rings (SSSR count). The highest BCUT2D eigenvalue weighted by molar-refractivity contribution is 7.87. The molecule has 1 saturated heterocycles. The molecule has 1 fully saturated rings. The van der Waals surface area contributed by atoms with Crippen LogP contribution < -0.4 is 10.0 Å². The molecule has 0 unspecified atom stereocenters. The van der Waals surface area contributed by atoms with Gasteiger partial charge in [0.1, 0.15) is 5.76 Å². The topological polar surface area (TPSA) is 87.5 Å². The van der Waals surface area contributed by atoms with Gasteiger partial charge in [-0.1, -0.05) is 6.92 Å². The van der Waals surface area contributed by atoms with Gasteiger partial charge in [-0.05, 0) is 0 Å². The normalized spacial score (nSPS) is 18.1. The molecule has 102 valence electrons. The fourth-order valence-electron chi connectivity index (χ4n) is 1.72. The van der Waals surface area contributed by atoms with Crippen LogP contribution in [0.1, 0.15) is 18.6 Å². The summed E-state index contributed by atoms with van der Waals surface area (Å²) in [6.45, 7) is 4.38. The van der Waals surface area contributed by atoms with Crippen LogP contribution in [0.15, 0.2) is 10.6 Å². The molecule has 0 saturated carbocycles. The maximum Gasteiger partial charge on any atom is 0.280 e. The van der Waals surface area contributed by atoms with Gasteiger partial charge >= 0.3 is 0 Å². The van der Waals surface area contributed by atoms with Gasteiger partial charge in [-0.25, -0.2) is 4.98 Å². The van der Waals surface area contributed by atoms with Crippen molar-refractivity contribution < 1.29 is 12.8 Å². The van der Waals surface area contributed by atoms with Gasteiger partial charge < -0.3 is 9.73 Å². The molecular formula is C10H18N4O3S. The average Bonchev–Trinajstić information content (AvgIpc) is 2.86. The number of aryl methyl sites for hydroxylation is 1. The second-order valence-electron chi connectivity index (χ2n) is 4.05.